The molecular formula is C14H13ClFNOS. The molecule has 1 aromatic rings. The highest BCUT2D eigenvalue weighted by Gasteiger charge is 2.39. The molecular weight excluding hydrogens is 285 g/mol. The minimum atomic E-state index is -0.486. The number of hydrogen-bond acceptors (Lipinski definition) is 2. The van der Waals surface area contributed by atoms with Gasteiger partial charge >= 0.3 is 0 Å². The van der Waals surface area contributed by atoms with Crippen LogP contribution in [0.3, 0.4) is 0 Å². The summed E-state index contributed by atoms with van der Waals surface area (Å²) in [4.78, 5) is 13.8. The Hall–Kier alpha value is -1.00. The number of carbonyl (C=O) groups is 1. The molecule has 2 aliphatic rings. The van der Waals surface area contributed by atoms with Crippen LogP contribution in [-0.2, 0) is 4.79 Å². The summed E-state index contributed by atoms with van der Waals surface area (Å²) in [5.74, 6) is -0.601. The number of anilines is 1. The highest BCUT2D eigenvalue weighted by Crippen LogP contribution is 2.41. The summed E-state index contributed by atoms with van der Waals surface area (Å²) in [5.41, 5.74) is 2.12. The molecule has 19 heavy (non-hydrogen) atoms. The van der Waals surface area contributed by atoms with E-state index >= 15 is 0 Å². The summed E-state index contributed by atoms with van der Waals surface area (Å²) in [7, 11) is 0. The Morgan fingerprint density at radius 3 is 2.74 bits per heavy atom. The second kappa shape index (κ2) is 4.84. The quantitative estimate of drug-likeness (QED) is 0.778. The van der Waals surface area contributed by atoms with Crippen molar-refractivity contribution < 1.29 is 9.18 Å². The fourth-order valence-corrected chi connectivity index (χ4v) is 3.46. The zero-order valence-electron chi connectivity index (χ0n) is 10.2. The fraction of sp³-hybridized carbons (Fsp3) is 0.357. The van der Waals surface area contributed by atoms with Gasteiger partial charge in [-0.05, 0) is 49.5 Å². The summed E-state index contributed by atoms with van der Waals surface area (Å²) < 4.78 is 14.0. The van der Waals surface area contributed by atoms with Gasteiger partial charge in [0.1, 0.15) is 11.2 Å². The number of hydrogen-bond donors (Lipinski definition) is 1. The van der Waals surface area contributed by atoms with Gasteiger partial charge in [0.25, 0.3) is 5.91 Å². The van der Waals surface area contributed by atoms with E-state index in [-0.39, 0.29) is 17.0 Å². The van der Waals surface area contributed by atoms with E-state index in [4.69, 9.17) is 11.6 Å². The number of carbonyl (C=O) groups excluding carboxylic acids is 1. The first-order chi connectivity index (χ1) is 9.09. The van der Waals surface area contributed by atoms with Crippen LogP contribution in [0.1, 0.15) is 25.7 Å². The summed E-state index contributed by atoms with van der Waals surface area (Å²) in [6, 6.07) is 4.35. The van der Waals surface area contributed by atoms with Crippen molar-refractivity contribution in [1.82, 2.24) is 0 Å². The second-order valence-electron chi connectivity index (χ2n) is 4.86. The van der Waals surface area contributed by atoms with Gasteiger partial charge in [0.15, 0.2) is 0 Å². The van der Waals surface area contributed by atoms with Crippen LogP contribution in [0.5, 0.6) is 0 Å². The maximum Gasteiger partial charge on any atom is 0.255 e. The predicted molar refractivity (Wildman–Crippen MR) is 77.2 cm³/mol. The van der Waals surface area contributed by atoms with Crippen LogP contribution in [0.2, 0.25) is 5.02 Å². The van der Waals surface area contributed by atoms with Crippen LogP contribution in [0, 0.1) is 5.82 Å². The van der Waals surface area contributed by atoms with Crippen LogP contribution < -0.4 is 4.90 Å². The lowest BCUT2D eigenvalue weighted by molar-refractivity contribution is -0.114. The monoisotopic (exact) mass is 297 g/mol. The first-order valence-corrected chi connectivity index (χ1v) is 7.17. The van der Waals surface area contributed by atoms with E-state index in [1.54, 1.807) is 6.07 Å². The van der Waals surface area contributed by atoms with Crippen LogP contribution >= 0.6 is 24.2 Å². The highest BCUT2D eigenvalue weighted by atomic mass is 35.5. The molecule has 100 valence electrons. The zero-order valence-corrected chi connectivity index (χ0v) is 11.8. The number of thiol groups is 1. The van der Waals surface area contributed by atoms with Crippen LogP contribution in [0.25, 0.3) is 0 Å². The number of benzene rings is 1. The van der Waals surface area contributed by atoms with E-state index in [0.29, 0.717) is 5.02 Å². The molecule has 5 heteroatoms. The average molecular weight is 298 g/mol. The first-order valence-electron chi connectivity index (χ1n) is 6.28. The Balaban J connectivity index is 2.01. The smallest absolute Gasteiger partial charge is 0.255 e. The molecule has 1 aliphatic heterocycles. The molecule has 0 saturated heterocycles. The molecule has 1 aliphatic carbocycles. The van der Waals surface area contributed by atoms with Crippen LogP contribution in [0.4, 0.5) is 10.1 Å². The maximum absolute atomic E-state index is 14.0. The highest BCUT2D eigenvalue weighted by molar-refractivity contribution is 7.81. The Labute approximate surface area is 121 Å². The minimum Gasteiger partial charge on any atom is -0.290 e. The number of amides is 1. The Kier molecular flexibility index (Phi) is 3.31. The SMILES string of the molecule is O=C1C2=C(CCCC2)C(S)N1c1ccc(Cl)cc1F. The lowest BCUT2D eigenvalue weighted by Gasteiger charge is -2.23. The van der Waals surface area contributed by atoms with E-state index < -0.39 is 5.82 Å². The molecule has 0 spiro atoms. The van der Waals surface area contributed by atoms with E-state index in [1.807, 2.05) is 0 Å². The maximum atomic E-state index is 14.0. The third-order valence-electron chi connectivity index (χ3n) is 3.71. The van der Waals surface area contributed by atoms with Gasteiger partial charge in [-0.2, -0.15) is 0 Å². The second-order valence-corrected chi connectivity index (χ2v) is 5.78. The largest absolute Gasteiger partial charge is 0.290 e. The summed E-state index contributed by atoms with van der Waals surface area (Å²) in [5, 5.41) is -0.0280. The summed E-state index contributed by atoms with van der Waals surface area (Å²) in [6.07, 6.45) is 3.74. The first kappa shape index (κ1) is 13.0. The topological polar surface area (TPSA) is 20.3 Å². The van der Waals surface area contributed by atoms with Crippen LogP contribution in [0.15, 0.2) is 29.3 Å². The molecule has 1 heterocycles. The number of nitrogens with zero attached hydrogens (tertiary/aromatic N) is 1. The Morgan fingerprint density at radius 1 is 1.32 bits per heavy atom. The normalized spacial score (nSPS) is 23.0. The lowest BCUT2D eigenvalue weighted by atomic mass is 9.94. The molecule has 1 unspecified atom stereocenters. The van der Waals surface area contributed by atoms with Crippen molar-refractivity contribution in [3.8, 4) is 0 Å². The number of rotatable bonds is 1. The molecule has 2 nitrogen and oxygen atoms in total. The zero-order chi connectivity index (χ0) is 13.6. The van der Waals surface area contributed by atoms with Crippen molar-refractivity contribution in [1.29, 1.82) is 0 Å². The van der Waals surface area contributed by atoms with E-state index in [1.165, 1.54) is 17.0 Å². The van der Waals surface area contributed by atoms with E-state index in [0.717, 1.165) is 36.8 Å². The fourth-order valence-electron chi connectivity index (χ4n) is 2.79. The summed E-state index contributed by atoms with van der Waals surface area (Å²) in [6.45, 7) is 0. The Bertz CT molecular complexity index is 587. The van der Waals surface area contributed by atoms with Gasteiger partial charge < -0.3 is 0 Å². The Morgan fingerprint density at radius 2 is 2.05 bits per heavy atom. The predicted octanol–water partition coefficient (Wildman–Crippen LogP) is 3.95. The number of halogens is 2. The van der Waals surface area contributed by atoms with Gasteiger partial charge in [0, 0.05) is 10.6 Å². The summed E-state index contributed by atoms with van der Waals surface area (Å²) >= 11 is 10.2. The van der Waals surface area contributed by atoms with Crippen molar-refractivity contribution in [3.63, 3.8) is 0 Å². The van der Waals surface area contributed by atoms with E-state index in [9.17, 15) is 9.18 Å². The molecule has 1 aromatic carbocycles. The van der Waals surface area contributed by atoms with Gasteiger partial charge in [-0.1, -0.05) is 11.6 Å². The molecule has 0 bridgehead atoms. The van der Waals surface area contributed by atoms with Gasteiger partial charge in [0.2, 0.25) is 0 Å². The van der Waals surface area contributed by atoms with E-state index in [2.05, 4.69) is 12.6 Å². The van der Waals surface area contributed by atoms with Gasteiger partial charge in [0.05, 0.1) is 5.69 Å². The van der Waals surface area contributed by atoms with Crippen molar-refractivity contribution in [2.45, 2.75) is 31.1 Å². The van der Waals surface area contributed by atoms with Gasteiger partial charge in [-0.3, -0.25) is 9.69 Å². The molecule has 3 rings (SSSR count). The van der Waals surface area contributed by atoms with Crippen molar-refractivity contribution in [2.24, 2.45) is 0 Å². The third kappa shape index (κ3) is 2.07. The molecule has 1 atom stereocenters. The minimum absolute atomic E-state index is 0.115. The lowest BCUT2D eigenvalue weighted by Crippen LogP contribution is -2.32. The van der Waals surface area contributed by atoms with Crippen molar-refractivity contribution in [2.75, 3.05) is 4.90 Å². The van der Waals surface area contributed by atoms with Gasteiger partial charge in [-0.15, -0.1) is 12.6 Å². The molecule has 0 fully saturated rings. The molecule has 0 radical (unpaired) electrons. The molecule has 1 amide bonds. The molecule has 0 N–H and O–H groups in total. The van der Waals surface area contributed by atoms with Crippen LogP contribution in [-0.4, -0.2) is 11.3 Å². The van der Waals surface area contributed by atoms with Crippen molar-refractivity contribution >= 4 is 35.8 Å². The standard InChI is InChI=1S/C14H13ClFNOS/c15-8-5-6-12(11(16)7-8)17-13(18)9-3-1-2-4-10(9)14(17)19/h5-7,14,19H,1-4H2. The molecule has 0 aromatic heterocycles. The molecule has 0 saturated carbocycles. The van der Waals surface area contributed by atoms with Gasteiger partial charge in [-0.25, -0.2) is 4.39 Å². The average Bonchev–Trinajstić information content (AvgIpc) is 2.64. The van der Waals surface area contributed by atoms with Crippen molar-refractivity contribution in [3.05, 3.63) is 40.2 Å². The third-order valence-corrected chi connectivity index (χ3v) is 4.49.